The third kappa shape index (κ3) is 1.14. The van der Waals surface area contributed by atoms with Gasteiger partial charge in [0.15, 0.2) is 0 Å². The summed E-state index contributed by atoms with van der Waals surface area (Å²) < 4.78 is 19.1. The summed E-state index contributed by atoms with van der Waals surface area (Å²) >= 11 is 0. The fraction of sp³-hybridized carbons (Fsp3) is 0.250. The van der Waals surface area contributed by atoms with Gasteiger partial charge < -0.3 is 4.42 Å². The number of carbonyl (C=O) groups excluding carboxylic acids is 1. The first-order valence-electron chi connectivity index (χ1n) is 5.02. The zero-order valence-electron chi connectivity index (χ0n) is 8.37. The number of rotatable bonds is 2. The van der Waals surface area contributed by atoms with Crippen LogP contribution in [-0.2, 0) is 10.3 Å². The Bertz CT molecular complexity index is 607. The SMILES string of the molecule is O=C=NC1(c2c(F)ccc3ccoc23)CC1. The molecule has 1 saturated carbocycles. The summed E-state index contributed by atoms with van der Waals surface area (Å²) in [6.07, 6.45) is 4.36. The summed E-state index contributed by atoms with van der Waals surface area (Å²) in [5, 5.41) is 0.823. The molecule has 0 N–H and O–H groups in total. The predicted octanol–water partition coefficient (Wildman–Crippen LogP) is 2.90. The number of nitrogens with zero attached hydrogens (tertiary/aromatic N) is 1. The lowest BCUT2D eigenvalue weighted by molar-refractivity contribution is 0.540. The molecule has 1 aliphatic rings. The zero-order valence-corrected chi connectivity index (χ0v) is 8.37. The number of aliphatic imine (C=N–C) groups is 1. The molecule has 2 aromatic rings. The topological polar surface area (TPSA) is 42.6 Å². The first kappa shape index (κ1) is 9.31. The smallest absolute Gasteiger partial charge is 0.235 e. The average Bonchev–Trinajstić information content (AvgIpc) is 2.89. The molecule has 0 spiro atoms. The molecule has 0 atom stereocenters. The standard InChI is InChI=1S/C12H8FNO2/c13-9-2-1-8-3-6-16-11(8)10(9)12(4-5-12)14-7-15/h1-3,6H,4-5H2. The highest BCUT2D eigenvalue weighted by atomic mass is 19.1. The highest BCUT2D eigenvalue weighted by molar-refractivity contribution is 5.82. The molecule has 1 fully saturated rings. The molecule has 1 aromatic carbocycles. The average molecular weight is 217 g/mol. The van der Waals surface area contributed by atoms with Crippen LogP contribution in [0.1, 0.15) is 18.4 Å². The highest BCUT2D eigenvalue weighted by Gasteiger charge is 2.48. The Morgan fingerprint density at radius 1 is 1.38 bits per heavy atom. The summed E-state index contributed by atoms with van der Waals surface area (Å²) in [6, 6.07) is 4.80. The van der Waals surface area contributed by atoms with Crippen LogP contribution in [0.15, 0.2) is 33.9 Å². The van der Waals surface area contributed by atoms with E-state index < -0.39 is 5.54 Å². The lowest BCUT2D eigenvalue weighted by Crippen LogP contribution is -2.05. The van der Waals surface area contributed by atoms with Gasteiger partial charge in [-0.3, -0.25) is 0 Å². The molecule has 80 valence electrons. The maximum atomic E-state index is 13.8. The van der Waals surface area contributed by atoms with Gasteiger partial charge in [-0.25, -0.2) is 9.18 Å². The number of hydrogen-bond donors (Lipinski definition) is 0. The van der Waals surface area contributed by atoms with E-state index in [1.807, 2.05) is 0 Å². The van der Waals surface area contributed by atoms with E-state index in [0.29, 0.717) is 24.0 Å². The Morgan fingerprint density at radius 2 is 2.19 bits per heavy atom. The van der Waals surface area contributed by atoms with E-state index >= 15 is 0 Å². The predicted molar refractivity (Wildman–Crippen MR) is 55.2 cm³/mol. The molecular weight excluding hydrogens is 209 g/mol. The maximum absolute atomic E-state index is 13.8. The van der Waals surface area contributed by atoms with Crippen molar-refractivity contribution in [1.29, 1.82) is 0 Å². The van der Waals surface area contributed by atoms with Crippen molar-refractivity contribution in [3.8, 4) is 0 Å². The molecule has 0 radical (unpaired) electrons. The van der Waals surface area contributed by atoms with Crippen LogP contribution >= 0.6 is 0 Å². The van der Waals surface area contributed by atoms with E-state index in [2.05, 4.69) is 4.99 Å². The van der Waals surface area contributed by atoms with Gasteiger partial charge in [0.1, 0.15) is 16.9 Å². The lowest BCUT2D eigenvalue weighted by Gasteiger charge is -2.09. The molecule has 1 heterocycles. The summed E-state index contributed by atoms with van der Waals surface area (Å²) in [7, 11) is 0. The Kier molecular flexibility index (Phi) is 1.76. The van der Waals surface area contributed by atoms with Gasteiger partial charge in [-0.15, -0.1) is 0 Å². The van der Waals surface area contributed by atoms with Gasteiger partial charge in [-0.05, 0) is 31.0 Å². The van der Waals surface area contributed by atoms with Crippen LogP contribution in [-0.4, -0.2) is 6.08 Å². The quantitative estimate of drug-likeness (QED) is 0.573. The Morgan fingerprint density at radius 3 is 2.88 bits per heavy atom. The van der Waals surface area contributed by atoms with Crippen molar-refractivity contribution in [3.63, 3.8) is 0 Å². The number of hydrogen-bond acceptors (Lipinski definition) is 3. The Hall–Kier alpha value is -1.93. The first-order valence-corrected chi connectivity index (χ1v) is 5.02. The zero-order chi connectivity index (χ0) is 11.2. The van der Waals surface area contributed by atoms with Gasteiger partial charge in [0.2, 0.25) is 6.08 Å². The van der Waals surface area contributed by atoms with E-state index in [4.69, 9.17) is 4.42 Å². The number of isocyanates is 1. The third-order valence-electron chi connectivity index (χ3n) is 3.02. The molecule has 0 unspecified atom stereocenters. The molecule has 3 rings (SSSR count). The molecule has 0 saturated heterocycles. The minimum atomic E-state index is -0.733. The summed E-state index contributed by atoms with van der Waals surface area (Å²) in [5.41, 5.74) is 0.137. The van der Waals surface area contributed by atoms with Gasteiger partial charge in [0, 0.05) is 5.39 Å². The minimum absolute atomic E-state index is 0.376. The van der Waals surface area contributed by atoms with Gasteiger partial charge >= 0.3 is 0 Å². The van der Waals surface area contributed by atoms with Crippen LogP contribution in [0.2, 0.25) is 0 Å². The molecule has 3 nitrogen and oxygen atoms in total. The Balaban J connectivity index is 2.33. The molecule has 1 aliphatic carbocycles. The number of halogens is 1. The molecule has 0 aliphatic heterocycles. The molecule has 4 heteroatoms. The van der Waals surface area contributed by atoms with Crippen molar-refractivity contribution in [2.75, 3.05) is 0 Å². The van der Waals surface area contributed by atoms with Gasteiger partial charge in [-0.1, -0.05) is 0 Å². The van der Waals surface area contributed by atoms with Crippen LogP contribution in [0, 0.1) is 5.82 Å². The molecule has 0 bridgehead atoms. The second kappa shape index (κ2) is 3.03. The van der Waals surface area contributed by atoms with Crippen molar-refractivity contribution in [2.24, 2.45) is 4.99 Å². The van der Waals surface area contributed by atoms with E-state index in [1.54, 1.807) is 12.1 Å². The van der Waals surface area contributed by atoms with Crippen LogP contribution in [0.4, 0.5) is 4.39 Å². The van der Waals surface area contributed by atoms with E-state index in [9.17, 15) is 9.18 Å². The monoisotopic (exact) mass is 217 g/mol. The normalized spacial score (nSPS) is 17.1. The Labute approximate surface area is 90.6 Å². The van der Waals surface area contributed by atoms with Crippen LogP contribution in [0.25, 0.3) is 11.0 Å². The van der Waals surface area contributed by atoms with Crippen LogP contribution < -0.4 is 0 Å². The van der Waals surface area contributed by atoms with Gasteiger partial charge in [0.05, 0.1) is 11.8 Å². The lowest BCUT2D eigenvalue weighted by atomic mass is 10.0. The van der Waals surface area contributed by atoms with E-state index in [0.717, 1.165) is 5.39 Å². The number of benzene rings is 1. The summed E-state index contributed by atoms with van der Waals surface area (Å²) in [5.74, 6) is -0.376. The summed E-state index contributed by atoms with van der Waals surface area (Å²) in [6.45, 7) is 0. The van der Waals surface area contributed by atoms with E-state index in [-0.39, 0.29) is 5.82 Å². The second-order valence-electron chi connectivity index (χ2n) is 4.00. The van der Waals surface area contributed by atoms with Crippen LogP contribution in [0.5, 0.6) is 0 Å². The number of furan rings is 1. The van der Waals surface area contributed by atoms with Crippen molar-refractivity contribution >= 4 is 17.0 Å². The molecule has 16 heavy (non-hydrogen) atoms. The third-order valence-corrected chi connectivity index (χ3v) is 3.02. The van der Waals surface area contributed by atoms with Crippen molar-refractivity contribution in [1.82, 2.24) is 0 Å². The van der Waals surface area contributed by atoms with Gasteiger partial charge in [-0.2, -0.15) is 4.99 Å². The second-order valence-corrected chi connectivity index (χ2v) is 4.00. The largest absolute Gasteiger partial charge is 0.464 e. The van der Waals surface area contributed by atoms with Crippen molar-refractivity contribution < 1.29 is 13.6 Å². The molecular formula is C12H8FNO2. The minimum Gasteiger partial charge on any atom is -0.464 e. The molecule has 0 amide bonds. The van der Waals surface area contributed by atoms with Crippen LogP contribution in [0.3, 0.4) is 0 Å². The maximum Gasteiger partial charge on any atom is 0.235 e. The number of fused-ring (bicyclic) bond motifs is 1. The highest BCUT2D eigenvalue weighted by Crippen LogP contribution is 2.52. The molecule has 1 aromatic heterocycles. The van der Waals surface area contributed by atoms with Crippen molar-refractivity contribution in [2.45, 2.75) is 18.4 Å². The first-order chi connectivity index (χ1) is 7.77. The fourth-order valence-corrected chi connectivity index (χ4v) is 2.07. The van der Waals surface area contributed by atoms with Crippen molar-refractivity contribution in [3.05, 3.63) is 35.8 Å². The fourth-order valence-electron chi connectivity index (χ4n) is 2.07. The van der Waals surface area contributed by atoms with Gasteiger partial charge in [0.25, 0.3) is 0 Å². The van der Waals surface area contributed by atoms with E-state index in [1.165, 1.54) is 18.4 Å². The summed E-state index contributed by atoms with van der Waals surface area (Å²) in [4.78, 5) is 14.1.